The van der Waals surface area contributed by atoms with Gasteiger partial charge >= 0.3 is 6.18 Å². The highest BCUT2D eigenvalue weighted by Crippen LogP contribution is 2.45. The molecule has 6 heteroatoms. The minimum Gasteiger partial charge on any atom is -0.496 e. The molecule has 3 rings (SSSR count). The van der Waals surface area contributed by atoms with Gasteiger partial charge in [0.15, 0.2) is 0 Å². The van der Waals surface area contributed by atoms with Crippen molar-refractivity contribution < 1.29 is 22.6 Å². The molecule has 2 aromatic carbocycles. The van der Waals surface area contributed by atoms with Crippen molar-refractivity contribution >= 4 is 0 Å². The molecule has 1 aliphatic heterocycles. The summed E-state index contributed by atoms with van der Waals surface area (Å²) in [6, 6.07) is 9.18. The van der Waals surface area contributed by atoms with Gasteiger partial charge in [0, 0.05) is 24.1 Å². The first-order valence-corrected chi connectivity index (χ1v) is 7.18. The number of rotatable bonds is 3. The maximum Gasteiger partial charge on any atom is 0.416 e. The lowest BCUT2D eigenvalue weighted by molar-refractivity contribution is -0.137. The zero-order valence-electron chi connectivity index (χ0n) is 12.5. The molecule has 0 saturated carbocycles. The summed E-state index contributed by atoms with van der Waals surface area (Å²) in [5, 5.41) is 0. The molecule has 1 aliphatic rings. The number of para-hydroxylation sites is 1. The number of hydrogen-bond donors (Lipinski definition) is 1. The lowest BCUT2D eigenvalue weighted by Gasteiger charge is -2.16. The first kappa shape index (κ1) is 15.7. The van der Waals surface area contributed by atoms with Gasteiger partial charge in [-0.25, -0.2) is 0 Å². The maximum absolute atomic E-state index is 13.2. The van der Waals surface area contributed by atoms with Crippen molar-refractivity contribution in [2.75, 3.05) is 13.7 Å². The fourth-order valence-electron chi connectivity index (χ4n) is 2.80. The number of ether oxygens (including phenoxy) is 2. The second-order valence-electron chi connectivity index (χ2n) is 5.39. The van der Waals surface area contributed by atoms with Gasteiger partial charge in [0.25, 0.3) is 0 Å². The fraction of sp³-hybridized carbons (Fsp3) is 0.294. The monoisotopic (exact) mass is 323 g/mol. The predicted octanol–water partition coefficient (Wildman–Crippen LogP) is 3.64. The van der Waals surface area contributed by atoms with Crippen LogP contribution in [0, 0.1) is 0 Å². The van der Waals surface area contributed by atoms with Crippen LogP contribution < -0.4 is 15.2 Å². The van der Waals surface area contributed by atoms with E-state index in [9.17, 15) is 13.2 Å². The molecule has 1 atom stereocenters. The highest BCUT2D eigenvalue weighted by molar-refractivity contribution is 5.78. The molecule has 3 nitrogen and oxygen atoms in total. The quantitative estimate of drug-likeness (QED) is 0.938. The van der Waals surface area contributed by atoms with Crippen LogP contribution in [-0.4, -0.2) is 19.8 Å². The highest BCUT2D eigenvalue weighted by Gasteiger charge is 2.35. The number of halogens is 3. The van der Waals surface area contributed by atoms with Crippen LogP contribution in [0.1, 0.15) is 11.1 Å². The van der Waals surface area contributed by atoms with Gasteiger partial charge in [-0.2, -0.15) is 13.2 Å². The number of methoxy groups -OCH3 is 1. The molecule has 0 fully saturated rings. The van der Waals surface area contributed by atoms with E-state index in [1.54, 1.807) is 24.3 Å². The Morgan fingerprint density at radius 2 is 1.96 bits per heavy atom. The molecule has 122 valence electrons. The zero-order valence-corrected chi connectivity index (χ0v) is 12.5. The van der Waals surface area contributed by atoms with E-state index < -0.39 is 11.7 Å². The van der Waals surface area contributed by atoms with Gasteiger partial charge in [-0.05, 0) is 23.8 Å². The summed E-state index contributed by atoms with van der Waals surface area (Å²) < 4.78 is 50.7. The summed E-state index contributed by atoms with van der Waals surface area (Å²) in [4.78, 5) is 0. The highest BCUT2D eigenvalue weighted by atomic mass is 19.4. The van der Waals surface area contributed by atoms with E-state index in [2.05, 4.69) is 0 Å². The fourth-order valence-corrected chi connectivity index (χ4v) is 2.80. The Morgan fingerprint density at radius 3 is 2.61 bits per heavy atom. The summed E-state index contributed by atoms with van der Waals surface area (Å²) in [5.74, 6) is 0.951. The van der Waals surface area contributed by atoms with Crippen LogP contribution in [-0.2, 0) is 12.6 Å². The smallest absolute Gasteiger partial charge is 0.416 e. The molecule has 0 radical (unpaired) electrons. The molecular weight excluding hydrogens is 307 g/mol. The molecule has 2 aromatic rings. The van der Waals surface area contributed by atoms with Crippen molar-refractivity contribution in [2.45, 2.75) is 18.7 Å². The van der Waals surface area contributed by atoms with E-state index in [1.807, 2.05) is 0 Å². The van der Waals surface area contributed by atoms with Gasteiger partial charge in [0.1, 0.15) is 17.6 Å². The Balaban J connectivity index is 2.22. The lowest BCUT2D eigenvalue weighted by Crippen LogP contribution is -2.24. The van der Waals surface area contributed by atoms with Crippen molar-refractivity contribution in [3.05, 3.63) is 47.5 Å². The normalized spacial score (nSPS) is 16.8. The van der Waals surface area contributed by atoms with Crippen LogP contribution in [0.15, 0.2) is 36.4 Å². The van der Waals surface area contributed by atoms with Crippen LogP contribution in [0.25, 0.3) is 11.1 Å². The summed E-state index contributed by atoms with van der Waals surface area (Å²) >= 11 is 0. The van der Waals surface area contributed by atoms with Crippen LogP contribution in [0.2, 0.25) is 0 Å². The van der Waals surface area contributed by atoms with E-state index >= 15 is 0 Å². The second kappa shape index (κ2) is 5.77. The van der Waals surface area contributed by atoms with Gasteiger partial charge < -0.3 is 15.2 Å². The minimum absolute atomic E-state index is 0.251. The Bertz CT molecular complexity index is 728. The average Bonchev–Trinajstić information content (AvgIpc) is 2.96. The second-order valence-corrected chi connectivity index (χ2v) is 5.39. The largest absolute Gasteiger partial charge is 0.496 e. The van der Waals surface area contributed by atoms with Gasteiger partial charge in [-0.3, -0.25) is 0 Å². The molecule has 23 heavy (non-hydrogen) atoms. The Morgan fingerprint density at radius 1 is 1.22 bits per heavy atom. The summed E-state index contributed by atoms with van der Waals surface area (Å²) in [6.07, 6.45) is -4.35. The summed E-state index contributed by atoms with van der Waals surface area (Å²) in [7, 11) is 1.48. The molecule has 2 N–H and O–H groups in total. The van der Waals surface area contributed by atoms with Crippen molar-refractivity contribution in [2.24, 2.45) is 5.73 Å². The van der Waals surface area contributed by atoms with E-state index in [1.165, 1.54) is 7.11 Å². The third-order valence-electron chi connectivity index (χ3n) is 3.89. The summed E-state index contributed by atoms with van der Waals surface area (Å²) in [6.45, 7) is 0.251. The van der Waals surface area contributed by atoms with E-state index in [0.717, 1.165) is 12.1 Å². The summed E-state index contributed by atoms with van der Waals surface area (Å²) in [5.41, 5.74) is 6.38. The zero-order chi connectivity index (χ0) is 16.6. The van der Waals surface area contributed by atoms with Crippen molar-refractivity contribution in [1.82, 2.24) is 0 Å². The molecule has 0 aromatic heterocycles. The van der Waals surface area contributed by atoms with E-state index in [4.69, 9.17) is 15.2 Å². The maximum atomic E-state index is 13.2. The number of benzene rings is 2. The van der Waals surface area contributed by atoms with Gasteiger partial charge in [-0.15, -0.1) is 0 Å². The molecule has 0 amide bonds. The SMILES string of the molecule is COc1ccccc1-c1cc(C(F)(F)F)cc2c1OC(CN)C2. The van der Waals surface area contributed by atoms with E-state index in [-0.39, 0.29) is 12.6 Å². The molecule has 1 heterocycles. The minimum atomic E-state index is -4.42. The molecule has 0 spiro atoms. The van der Waals surface area contributed by atoms with Gasteiger partial charge in [0.05, 0.1) is 12.7 Å². The number of hydrogen-bond acceptors (Lipinski definition) is 3. The standard InChI is InChI=1S/C17H16F3NO2/c1-22-15-5-3-2-4-13(15)14-8-11(17(18,19)20)6-10-7-12(9-21)23-16(10)14/h2-6,8,12H,7,9,21H2,1H3. The van der Waals surface area contributed by atoms with Crippen molar-refractivity contribution in [3.8, 4) is 22.6 Å². The topological polar surface area (TPSA) is 44.5 Å². The number of nitrogens with two attached hydrogens (primary N) is 1. The van der Waals surface area contributed by atoms with Crippen LogP contribution in [0.3, 0.4) is 0 Å². The van der Waals surface area contributed by atoms with E-state index in [0.29, 0.717) is 34.6 Å². The molecule has 0 aliphatic carbocycles. The van der Waals surface area contributed by atoms with Crippen LogP contribution >= 0.6 is 0 Å². The molecule has 0 bridgehead atoms. The first-order valence-electron chi connectivity index (χ1n) is 7.18. The first-order chi connectivity index (χ1) is 10.9. The molecular formula is C17H16F3NO2. The Kier molecular flexibility index (Phi) is 3.93. The van der Waals surface area contributed by atoms with Crippen LogP contribution in [0.5, 0.6) is 11.5 Å². The van der Waals surface area contributed by atoms with Crippen molar-refractivity contribution in [1.29, 1.82) is 0 Å². The Hall–Kier alpha value is -2.21. The van der Waals surface area contributed by atoms with Gasteiger partial charge in [-0.1, -0.05) is 18.2 Å². The predicted molar refractivity (Wildman–Crippen MR) is 80.6 cm³/mol. The van der Waals surface area contributed by atoms with Crippen molar-refractivity contribution in [3.63, 3.8) is 0 Å². The number of alkyl halides is 3. The lowest BCUT2D eigenvalue weighted by atomic mass is 9.96. The number of fused-ring (bicyclic) bond motifs is 1. The Labute approximate surface area is 131 Å². The third kappa shape index (κ3) is 2.86. The van der Waals surface area contributed by atoms with Gasteiger partial charge in [0.2, 0.25) is 0 Å². The average molecular weight is 323 g/mol. The molecule has 0 saturated heterocycles. The van der Waals surface area contributed by atoms with Crippen LogP contribution in [0.4, 0.5) is 13.2 Å². The third-order valence-corrected chi connectivity index (χ3v) is 3.89. The molecule has 1 unspecified atom stereocenters.